The van der Waals surface area contributed by atoms with Crippen LogP contribution in [0.4, 0.5) is 0 Å². The van der Waals surface area contributed by atoms with Crippen LogP contribution in [0.2, 0.25) is 0 Å². The van der Waals surface area contributed by atoms with Crippen LogP contribution in [0.25, 0.3) is 0 Å². The molecule has 5 heteroatoms. The molecule has 98 valence electrons. The molecule has 0 unspecified atom stereocenters. The average Bonchev–Trinajstić information content (AvgIpc) is 2.25. The number of hydrogen-bond acceptors (Lipinski definition) is 3. The number of carbonyl (C=O) groups excluding carboxylic acids is 1. The van der Waals surface area contributed by atoms with E-state index in [1.54, 1.807) is 13.8 Å². The zero-order chi connectivity index (χ0) is 13.1. The van der Waals surface area contributed by atoms with Crippen molar-refractivity contribution < 1.29 is 14.7 Å². The van der Waals surface area contributed by atoms with Gasteiger partial charge in [0.25, 0.3) is 0 Å². The number of aliphatic carboxylic acids is 1. The van der Waals surface area contributed by atoms with Crippen LogP contribution in [-0.2, 0) is 9.59 Å². The van der Waals surface area contributed by atoms with E-state index in [4.69, 9.17) is 5.11 Å². The van der Waals surface area contributed by atoms with E-state index in [9.17, 15) is 9.59 Å². The van der Waals surface area contributed by atoms with Crippen molar-refractivity contribution in [2.75, 3.05) is 13.1 Å². The van der Waals surface area contributed by atoms with E-state index in [2.05, 4.69) is 10.6 Å². The molecule has 0 saturated carbocycles. The van der Waals surface area contributed by atoms with Crippen LogP contribution < -0.4 is 10.6 Å². The molecular formula is C12H22N2O3. The Morgan fingerprint density at radius 1 is 1.29 bits per heavy atom. The van der Waals surface area contributed by atoms with Gasteiger partial charge < -0.3 is 15.7 Å². The molecule has 17 heavy (non-hydrogen) atoms. The number of hydrogen-bond donors (Lipinski definition) is 3. The molecule has 1 amide bonds. The van der Waals surface area contributed by atoms with Gasteiger partial charge in [-0.2, -0.15) is 0 Å². The topological polar surface area (TPSA) is 78.4 Å². The smallest absolute Gasteiger partial charge is 0.326 e. The van der Waals surface area contributed by atoms with E-state index >= 15 is 0 Å². The molecule has 0 radical (unpaired) electrons. The molecule has 0 spiro atoms. The Morgan fingerprint density at radius 3 is 2.24 bits per heavy atom. The van der Waals surface area contributed by atoms with Crippen molar-refractivity contribution in [2.24, 2.45) is 11.3 Å². The van der Waals surface area contributed by atoms with E-state index in [1.165, 1.54) is 0 Å². The molecule has 3 N–H and O–H groups in total. The quantitative estimate of drug-likeness (QED) is 0.674. The number of nitrogens with one attached hydrogen (secondary N) is 2. The van der Waals surface area contributed by atoms with Crippen molar-refractivity contribution in [2.45, 2.75) is 39.7 Å². The van der Waals surface area contributed by atoms with Crippen molar-refractivity contribution in [3.05, 3.63) is 0 Å². The molecule has 5 nitrogen and oxygen atoms in total. The first kappa shape index (κ1) is 14.0. The monoisotopic (exact) mass is 242 g/mol. The number of carboxylic acids is 1. The maximum atomic E-state index is 12.1. The van der Waals surface area contributed by atoms with Crippen LogP contribution in [0.1, 0.15) is 33.6 Å². The van der Waals surface area contributed by atoms with Gasteiger partial charge >= 0.3 is 5.97 Å². The molecule has 0 bridgehead atoms. The standard InChI is InChI=1S/C12H22N2O3/c1-8(2)9(10(15)16)14-11(17)12(3)4-6-13-7-5-12/h8-9,13H,4-7H2,1-3H3,(H,14,17)(H,15,16)/t9-/m1/s1. The lowest BCUT2D eigenvalue weighted by molar-refractivity contribution is -0.145. The summed E-state index contributed by atoms with van der Waals surface area (Å²) < 4.78 is 0. The molecule has 1 atom stereocenters. The van der Waals surface area contributed by atoms with Crippen molar-refractivity contribution in [1.29, 1.82) is 0 Å². The average molecular weight is 242 g/mol. The molecule has 1 aliphatic rings. The van der Waals surface area contributed by atoms with Gasteiger partial charge in [-0.3, -0.25) is 4.79 Å². The van der Waals surface area contributed by atoms with Gasteiger partial charge in [0, 0.05) is 5.41 Å². The molecule has 1 rings (SSSR count). The van der Waals surface area contributed by atoms with Crippen molar-refractivity contribution >= 4 is 11.9 Å². The molecule has 1 fully saturated rings. The van der Waals surface area contributed by atoms with Crippen molar-refractivity contribution in [1.82, 2.24) is 10.6 Å². The molecule has 0 aromatic rings. The SMILES string of the molecule is CC(C)[C@@H](NC(=O)C1(C)CCNCC1)C(=O)O. The minimum atomic E-state index is -0.967. The summed E-state index contributed by atoms with van der Waals surface area (Å²) in [7, 11) is 0. The van der Waals surface area contributed by atoms with Gasteiger partial charge in [0.1, 0.15) is 6.04 Å². The lowest BCUT2D eigenvalue weighted by Crippen LogP contribution is -2.52. The molecule has 1 aliphatic heterocycles. The Kier molecular flexibility index (Phi) is 4.51. The zero-order valence-electron chi connectivity index (χ0n) is 10.7. The fourth-order valence-electron chi connectivity index (χ4n) is 2.03. The van der Waals surface area contributed by atoms with E-state index in [0.717, 1.165) is 25.9 Å². The fraction of sp³-hybridized carbons (Fsp3) is 0.833. The van der Waals surface area contributed by atoms with E-state index in [1.807, 2.05) is 6.92 Å². The lowest BCUT2D eigenvalue weighted by atomic mass is 9.80. The highest BCUT2D eigenvalue weighted by atomic mass is 16.4. The third kappa shape index (κ3) is 3.43. The van der Waals surface area contributed by atoms with Crippen LogP contribution in [-0.4, -0.2) is 36.1 Å². The minimum absolute atomic E-state index is 0.109. The Morgan fingerprint density at radius 2 is 1.82 bits per heavy atom. The summed E-state index contributed by atoms with van der Waals surface area (Å²) in [5.74, 6) is -1.22. The highest BCUT2D eigenvalue weighted by Crippen LogP contribution is 2.28. The Hall–Kier alpha value is -1.10. The summed E-state index contributed by atoms with van der Waals surface area (Å²) in [6, 6.07) is -0.797. The van der Waals surface area contributed by atoms with Gasteiger partial charge in [0.15, 0.2) is 0 Å². The first-order chi connectivity index (χ1) is 7.87. The number of rotatable bonds is 4. The Balaban J connectivity index is 2.66. The third-order valence-corrected chi connectivity index (χ3v) is 3.47. The van der Waals surface area contributed by atoms with Crippen LogP contribution in [0.5, 0.6) is 0 Å². The van der Waals surface area contributed by atoms with Gasteiger partial charge in [-0.15, -0.1) is 0 Å². The molecular weight excluding hydrogens is 220 g/mol. The van der Waals surface area contributed by atoms with Crippen molar-refractivity contribution in [3.63, 3.8) is 0 Å². The second-order valence-electron chi connectivity index (χ2n) is 5.34. The predicted octanol–water partition coefficient (Wildman–Crippen LogP) is 0.601. The van der Waals surface area contributed by atoms with Gasteiger partial charge in [-0.25, -0.2) is 4.79 Å². The minimum Gasteiger partial charge on any atom is -0.480 e. The summed E-state index contributed by atoms with van der Waals surface area (Å²) in [5, 5.41) is 14.9. The third-order valence-electron chi connectivity index (χ3n) is 3.47. The molecule has 0 aromatic heterocycles. The predicted molar refractivity (Wildman–Crippen MR) is 64.6 cm³/mol. The van der Waals surface area contributed by atoms with Crippen LogP contribution in [0, 0.1) is 11.3 Å². The number of carbonyl (C=O) groups is 2. The lowest BCUT2D eigenvalue weighted by Gasteiger charge is -2.34. The molecule has 0 aromatic carbocycles. The number of carboxylic acid groups (broad SMARTS) is 1. The summed E-state index contributed by atoms with van der Waals surface area (Å²) in [4.78, 5) is 23.2. The number of piperidine rings is 1. The van der Waals surface area contributed by atoms with Gasteiger partial charge in [0.2, 0.25) is 5.91 Å². The summed E-state index contributed by atoms with van der Waals surface area (Å²) in [6.07, 6.45) is 1.51. The largest absolute Gasteiger partial charge is 0.480 e. The van der Waals surface area contributed by atoms with Gasteiger partial charge in [-0.05, 0) is 31.8 Å². The summed E-state index contributed by atoms with van der Waals surface area (Å²) in [5.41, 5.74) is -0.437. The number of amides is 1. The Bertz CT molecular complexity index is 296. The maximum Gasteiger partial charge on any atom is 0.326 e. The second-order valence-corrected chi connectivity index (χ2v) is 5.34. The van der Waals surface area contributed by atoms with Crippen molar-refractivity contribution in [3.8, 4) is 0 Å². The Labute approximate surface area is 102 Å². The van der Waals surface area contributed by atoms with E-state index < -0.39 is 17.4 Å². The van der Waals surface area contributed by atoms with Crippen LogP contribution in [0.3, 0.4) is 0 Å². The fourth-order valence-corrected chi connectivity index (χ4v) is 2.03. The molecule has 1 heterocycles. The van der Waals surface area contributed by atoms with E-state index in [-0.39, 0.29) is 11.8 Å². The summed E-state index contributed by atoms with van der Waals surface area (Å²) in [6.45, 7) is 7.11. The summed E-state index contributed by atoms with van der Waals surface area (Å²) >= 11 is 0. The first-order valence-electron chi connectivity index (χ1n) is 6.11. The van der Waals surface area contributed by atoms with Crippen LogP contribution >= 0.6 is 0 Å². The zero-order valence-corrected chi connectivity index (χ0v) is 10.7. The molecule has 1 saturated heterocycles. The maximum absolute atomic E-state index is 12.1. The van der Waals surface area contributed by atoms with E-state index in [0.29, 0.717) is 0 Å². The normalized spacial score (nSPS) is 20.9. The first-order valence-corrected chi connectivity index (χ1v) is 6.11. The van der Waals surface area contributed by atoms with Gasteiger partial charge in [-0.1, -0.05) is 20.8 Å². The van der Waals surface area contributed by atoms with Crippen LogP contribution in [0.15, 0.2) is 0 Å². The molecule has 0 aliphatic carbocycles. The second kappa shape index (κ2) is 5.49. The van der Waals surface area contributed by atoms with Gasteiger partial charge in [0.05, 0.1) is 0 Å². The highest BCUT2D eigenvalue weighted by molar-refractivity contribution is 5.87. The highest BCUT2D eigenvalue weighted by Gasteiger charge is 2.37.